The summed E-state index contributed by atoms with van der Waals surface area (Å²) in [6.07, 6.45) is -0.00102. The minimum atomic E-state index is -0.293. The highest BCUT2D eigenvalue weighted by atomic mass is 16.7. The van der Waals surface area contributed by atoms with Crippen LogP contribution < -0.4 is 5.48 Å². The van der Waals surface area contributed by atoms with E-state index >= 15 is 0 Å². The standard InChI is InChI=1S/C5H10NO2/c1-4(2)8-6-5(3)7/h4H,1-3H3. The monoisotopic (exact) mass is 116 g/mol. The summed E-state index contributed by atoms with van der Waals surface area (Å²) in [6.45, 7) is 4.97. The summed E-state index contributed by atoms with van der Waals surface area (Å²) >= 11 is 0. The molecule has 0 unspecified atom stereocenters. The molecule has 0 aromatic rings. The van der Waals surface area contributed by atoms with Crippen molar-refractivity contribution in [2.24, 2.45) is 0 Å². The lowest BCUT2D eigenvalue weighted by atomic mass is 10.5. The summed E-state index contributed by atoms with van der Waals surface area (Å²) in [5, 5.41) is 0. The molecule has 1 amide bonds. The Morgan fingerprint density at radius 1 is 1.62 bits per heavy atom. The Morgan fingerprint density at radius 3 is 2.25 bits per heavy atom. The van der Waals surface area contributed by atoms with Crippen LogP contribution in [0.4, 0.5) is 0 Å². The van der Waals surface area contributed by atoms with Crippen LogP contribution in [0.3, 0.4) is 0 Å². The lowest BCUT2D eigenvalue weighted by molar-refractivity contribution is -0.135. The van der Waals surface area contributed by atoms with Crippen LogP contribution in [0, 0.1) is 0 Å². The van der Waals surface area contributed by atoms with Crippen molar-refractivity contribution in [3.63, 3.8) is 0 Å². The Morgan fingerprint density at radius 2 is 2.12 bits per heavy atom. The van der Waals surface area contributed by atoms with Crippen molar-refractivity contribution in [3.8, 4) is 0 Å². The average Bonchev–Trinajstić information content (AvgIpc) is 1.61. The molecule has 1 radical (unpaired) electrons. The zero-order chi connectivity index (χ0) is 6.57. The molecule has 0 rings (SSSR count). The van der Waals surface area contributed by atoms with E-state index in [1.165, 1.54) is 6.92 Å². The van der Waals surface area contributed by atoms with Gasteiger partial charge in [0.2, 0.25) is 0 Å². The van der Waals surface area contributed by atoms with Crippen molar-refractivity contribution < 1.29 is 9.63 Å². The minimum absolute atomic E-state index is 0.00102. The normalized spacial score (nSPS) is 9.50. The molecule has 0 bridgehead atoms. The Hall–Kier alpha value is -0.570. The number of carbonyl (C=O) groups is 1. The fourth-order valence-electron chi connectivity index (χ4n) is 0.180. The fourth-order valence-corrected chi connectivity index (χ4v) is 0.180. The zero-order valence-electron chi connectivity index (χ0n) is 5.34. The van der Waals surface area contributed by atoms with E-state index in [-0.39, 0.29) is 12.0 Å². The van der Waals surface area contributed by atoms with Gasteiger partial charge in [-0.05, 0) is 13.8 Å². The maximum Gasteiger partial charge on any atom is 0.266 e. The number of nitrogens with zero attached hydrogens (tertiary/aromatic N) is 1. The first kappa shape index (κ1) is 7.43. The van der Waals surface area contributed by atoms with Gasteiger partial charge in [-0.2, -0.15) is 0 Å². The predicted molar refractivity (Wildman–Crippen MR) is 29.0 cm³/mol. The van der Waals surface area contributed by atoms with Crippen LogP contribution >= 0.6 is 0 Å². The third-order valence-corrected chi connectivity index (χ3v) is 0.392. The SMILES string of the molecule is CC(=O)[N]OC(C)C. The second-order valence-electron chi connectivity index (χ2n) is 1.76. The molecule has 0 saturated heterocycles. The van der Waals surface area contributed by atoms with Crippen molar-refractivity contribution in [1.82, 2.24) is 5.48 Å². The molecule has 47 valence electrons. The lowest BCUT2D eigenvalue weighted by Crippen LogP contribution is -2.16. The van der Waals surface area contributed by atoms with Gasteiger partial charge in [0, 0.05) is 6.92 Å². The Balaban J connectivity index is 3.05. The smallest absolute Gasteiger partial charge is 0.266 e. The summed E-state index contributed by atoms with van der Waals surface area (Å²) in [5.41, 5.74) is 3.19. The van der Waals surface area contributed by atoms with E-state index < -0.39 is 0 Å². The summed E-state index contributed by atoms with van der Waals surface area (Å²) < 4.78 is 0. The molecule has 0 aromatic carbocycles. The minimum Gasteiger partial charge on any atom is -0.271 e. The van der Waals surface area contributed by atoms with Crippen LogP contribution in [0.2, 0.25) is 0 Å². The Kier molecular flexibility index (Phi) is 3.19. The van der Waals surface area contributed by atoms with E-state index in [9.17, 15) is 4.79 Å². The van der Waals surface area contributed by atoms with Gasteiger partial charge in [-0.3, -0.25) is 4.79 Å². The molecule has 3 heteroatoms. The predicted octanol–water partition coefficient (Wildman–Crippen LogP) is 0.477. The van der Waals surface area contributed by atoms with Crippen molar-refractivity contribution in [2.45, 2.75) is 26.9 Å². The third kappa shape index (κ3) is 5.43. The van der Waals surface area contributed by atoms with Crippen molar-refractivity contribution in [3.05, 3.63) is 0 Å². The second-order valence-corrected chi connectivity index (χ2v) is 1.76. The molecule has 0 aliphatic heterocycles. The van der Waals surface area contributed by atoms with Crippen molar-refractivity contribution in [2.75, 3.05) is 0 Å². The third-order valence-electron chi connectivity index (χ3n) is 0.392. The quantitative estimate of drug-likeness (QED) is 0.492. The van der Waals surface area contributed by atoms with Crippen LogP contribution in [-0.4, -0.2) is 12.0 Å². The number of hydrogen-bond acceptors (Lipinski definition) is 2. The molecule has 0 N–H and O–H groups in total. The Bertz CT molecular complexity index is 80.5. The lowest BCUT2D eigenvalue weighted by Gasteiger charge is -2.00. The first-order valence-corrected chi connectivity index (χ1v) is 2.50. The van der Waals surface area contributed by atoms with E-state index in [1.807, 2.05) is 13.8 Å². The van der Waals surface area contributed by atoms with E-state index in [4.69, 9.17) is 0 Å². The van der Waals surface area contributed by atoms with Gasteiger partial charge in [0.05, 0.1) is 6.10 Å². The molecular formula is C5H10NO2. The van der Waals surface area contributed by atoms with Gasteiger partial charge in [0.15, 0.2) is 0 Å². The topological polar surface area (TPSA) is 40.4 Å². The maximum atomic E-state index is 10.1. The van der Waals surface area contributed by atoms with Gasteiger partial charge in [0.1, 0.15) is 0 Å². The van der Waals surface area contributed by atoms with Gasteiger partial charge < -0.3 is 0 Å². The van der Waals surface area contributed by atoms with Crippen LogP contribution in [0.15, 0.2) is 0 Å². The molecule has 0 atom stereocenters. The largest absolute Gasteiger partial charge is 0.271 e. The van der Waals surface area contributed by atoms with Crippen LogP contribution in [0.5, 0.6) is 0 Å². The van der Waals surface area contributed by atoms with E-state index in [2.05, 4.69) is 10.3 Å². The first-order valence-electron chi connectivity index (χ1n) is 2.50. The Labute approximate surface area is 49.0 Å². The highest BCUT2D eigenvalue weighted by Crippen LogP contribution is 1.82. The summed E-state index contributed by atoms with van der Waals surface area (Å²) in [4.78, 5) is 14.6. The summed E-state index contributed by atoms with van der Waals surface area (Å²) in [5.74, 6) is -0.293. The van der Waals surface area contributed by atoms with Gasteiger partial charge >= 0.3 is 0 Å². The molecule has 0 spiro atoms. The number of amides is 1. The van der Waals surface area contributed by atoms with Gasteiger partial charge in [-0.25, -0.2) is 4.84 Å². The number of hydrogen-bond donors (Lipinski definition) is 0. The zero-order valence-corrected chi connectivity index (χ0v) is 5.34. The summed E-state index contributed by atoms with van der Waals surface area (Å²) in [6, 6.07) is 0. The number of hydroxylamine groups is 1. The molecule has 0 aliphatic carbocycles. The van der Waals surface area contributed by atoms with E-state index in [0.29, 0.717) is 0 Å². The molecule has 0 heterocycles. The second kappa shape index (κ2) is 3.43. The van der Waals surface area contributed by atoms with Crippen molar-refractivity contribution >= 4 is 5.91 Å². The average molecular weight is 116 g/mol. The van der Waals surface area contributed by atoms with Crippen molar-refractivity contribution in [1.29, 1.82) is 0 Å². The molecule has 0 saturated carbocycles. The van der Waals surface area contributed by atoms with Gasteiger partial charge in [-0.1, -0.05) is 5.48 Å². The van der Waals surface area contributed by atoms with Crippen LogP contribution in [0.1, 0.15) is 20.8 Å². The molecule has 8 heavy (non-hydrogen) atoms. The van der Waals surface area contributed by atoms with E-state index in [0.717, 1.165) is 0 Å². The number of rotatable bonds is 2. The molecule has 0 fully saturated rings. The van der Waals surface area contributed by atoms with Crippen LogP contribution in [0.25, 0.3) is 0 Å². The highest BCUT2D eigenvalue weighted by Gasteiger charge is 1.95. The fraction of sp³-hybridized carbons (Fsp3) is 0.800. The molecule has 3 nitrogen and oxygen atoms in total. The number of carbonyl (C=O) groups excluding carboxylic acids is 1. The van der Waals surface area contributed by atoms with Gasteiger partial charge in [0.25, 0.3) is 5.91 Å². The maximum absolute atomic E-state index is 10.1. The van der Waals surface area contributed by atoms with Gasteiger partial charge in [-0.15, -0.1) is 0 Å². The van der Waals surface area contributed by atoms with Crippen LogP contribution in [-0.2, 0) is 9.63 Å². The highest BCUT2D eigenvalue weighted by molar-refractivity contribution is 5.71. The van der Waals surface area contributed by atoms with E-state index in [1.54, 1.807) is 0 Å². The molecule has 0 aromatic heterocycles. The molecular weight excluding hydrogens is 106 g/mol. The molecule has 0 aliphatic rings. The summed E-state index contributed by atoms with van der Waals surface area (Å²) in [7, 11) is 0. The first-order chi connectivity index (χ1) is 3.63.